The molecule has 0 aromatic carbocycles. The van der Waals surface area contributed by atoms with Crippen molar-refractivity contribution >= 4 is 47.9 Å². The summed E-state index contributed by atoms with van der Waals surface area (Å²) in [6.07, 6.45) is 0. The summed E-state index contributed by atoms with van der Waals surface area (Å²) in [6.45, 7) is 0. The van der Waals surface area contributed by atoms with Crippen molar-refractivity contribution in [2.45, 2.75) is 0 Å². The van der Waals surface area contributed by atoms with E-state index in [0.717, 1.165) is 0 Å². The van der Waals surface area contributed by atoms with Gasteiger partial charge >= 0.3 is 52.6 Å². The largest absolute Gasteiger partial charge is 2.00 e. The Labute approximate surface area is 80.8 Å². The van der Waals surface area contributed by atoms with Gasteiger partial charge in [0.1, 0.15) is 0 Å². The predicted molar refractivity (Wildman–Crippen MR) is 23.6 cm³/mol. The molecule has 0 bridgehead atoms. The van der Waals surface area contributed by atoms with Gasteiger partial charge in [0.25, 0.3) is 0 Å². The van der Waals surface area contributed by atoms with Crippen LogP contribution in [0.4, 0.5) is 0 Å². The average Bonchev–Trinajstić information content (AvgIpc) is 0. The summed E-state index contributed by atoms with van der Waals surface area (Å²) in [5, 5.41) is 0. The van der Waals surface area contributed by atoms with Gasteiger partial charge in [0, 0.05) is 0 Å². The summed E-state index contributed by atoms with van der Waals surface area (Å²) < 4.78 is 0. The van der Waals surface area contributed by atoms with Crippen LogP contribution in [-0.4, -0.2) is 23.1 Å². The third-order valence-electron chi connectivity index (χ3n) is 0. The van der Waals surface area contributed by atoms with Gasteiger partial charge in [-0.05, 0) is 0 Å². The minimum absolute atomic E-state index is 0. The minimum atomic E-state index is 0. The third-order valence-corrected chi connectivity index (χ3v) is 0. The summed E-state index contributed by atoms with van der Waals surface area (Å²) in [7, 11) is 0. The first-order chi connectivity index (χ1) is 0. The van der Waals surface area contributed by atoms with Crippen molar-refractivity contribution in [1.29, 1.82) is 0 Å². The van der Waals surface area contributed by atoms with Gasteiger partial charge in [0.2, 0.25) is 0 Å². The van der Waals surface area contributed by atoms with E-state index in [0.29, 0.717) is 0 Å². The van der Waals surface area contributed by atoms with E-state index in [9.17, 15) is 0 Å². The van der Waals surface area contributed by atoms with Crippen LogP contribution in [0.1, 0.15) is 4.28 Å². The SMILES string of the molecule is Cl.Cl.[H-].[H-].[H-].[Mg+2].[Na+]. The van der Waals surface area contributed by atoms with Crippen LogP contribution in [0.15, 0.2) is 0 Å². The smallest absolute Gasteiger partial charge is 1.00 e. The Bertz CT molecular complexity index is 12.9. The predicted octanol–water partition coefficient (Wildman–Crippen LogP) is -2.20. The molecule has 0 aliphatic carbocycles. The molecule has 4 heteroatoms. The van der Waals surface area contributed by atoms with E-state index in [1.54, 1.807) is 0 Å². The Morgan fingerprint density at radius 2 is 1.00 bits per heavy atom. The summed E-state index contributed by atoms with van der Waals surface area (Å²) in [6, 6.07) is 0. The molecule has 0 saturated carbocycles. The second-order valence-corrected chi connectivity index (χ2v) is 0. The fourth-order valence-corrected chi connectivity index (χ4v) is 0. The Kier molecular flexibility index (Phi) is 151. The molecule has 0 aromatic heterocycles. The normalized spacial score (nSPS) is 0. The van der Waals surface area contributed by atoms with Gasteiger partial charge in [-0.25, -0.2) is 0 Å². The second-order valence-electron chi connectivity index (χ2n) is 0. The molecule has 0 amide bonds. The standard InChI is InChI=1S/2ClH.Mg.Na.3H/h2*1H;;;;;/q;;+2;+1;3*-1. The fourth-order valence-electron chi connectivity index (χ4n) is 0. The van der Waals surface area contributed by atoms with Crippen molar-refractivity contribution in [3.63, 3.8) is 0 Å². The van der Waals surface area contributed by atoms with Gasteiger partial charge in [0.15, 0.2) is 0 Å². The Morgan fingerprint density at radius 1 is 1.00 bits per heavy atom. The summed E-state index contributed by atoms with van der Waals surface area (Å²) in [5.74, 6) is 0. The van der Waals surface area contributed by atoms with Gasteiger partial charge in [-0.1, -0.05) is 0 Å². The molecule has 0 radical (unpaired) electrons. The van der Waals surface area contributed by atoms with E-state index in [2.05, 4.69) is 0 Å². The van der Waals surface area contributed by atoms with Crippen LogP contribution in [-0.2, 0) is 0 Å². The molecule has 0 nitrogen and oxygen atoms in total. The summed E-state index contributed by atoms with van der Waals surface area (Å²) >= 11 is 0. The van der Waals surface area contributed by atoms with Crippen LogP contribution in [0.2, 0.25) is 0 Å². The molecule has 0 aliphatic heterocycles. The summed E-state index contributed by atoms with van der Waals surface area (Å²) in [5.41, 5.74) is 0. The molecule has 4 heavy (non-hydrogen) atoms. The van der Waals surface area contributed by atoms with Crippen molar-refractivity contribution in [2.75, 3.05) is 0 Å². The van der Waals surface area contributed by atoms with Crippen molar-refractivity contribution in [3.8, 4) is 0 Å². The van der Waals surface area contributed by atoms with Crippen LogP contribution >= 0.6 is 24.8 Å². The monoisotopic (exact) mass is 122 g/mol. The number of halogens is 2. The topological polar surface area (TPSA) is 0 Å². The summed E-state index contributed by atoms with van der Waals surface area (Å²) in [4.78, 5) is 0. The van der Waals surface area contributed by atoms with Gasteiger partial charge in [-0.15, -0.1) is 24.8 Å². The molecule has 0 rings (SSSR count). The van der Waals surface area contributed by atoms with Crippen LogP contribution < -0.4 is 29.6 Å². The maximum absolute atomic E-state index is 0. The molecule has 0 aliphatic rings. The van der Waals surface area contributed by atoms with Crippen molar-refractivity contribution < 1.29 is 33.8 Å². The molecule has 0 N–H and O–H groups in total. The first-order valence-electron chi connectivity index (χ1n) is 0. The molecule has 0 heterocycles. The fraction of sp³-hybridized carbons (Fsp3) is 0. The number of hydrogen-bond acceptors (Lipinski definition) is 0. The zero-order valence-electron chi connectivity index (χ0n) is 5.52. The molecular formula is H5Cl2MgNa. The number of rotatable bonds is 0. The van der Waals surface area contributed by atoms with Crippen molar-refractivity contribution in [1.82, 2.24) is 0 Å². The molecular weight excluding hydrogens is 118 g/mol. The van der Waals surface area contributed by atoms with E-state index >= 15 is 0 Å². The maximum Gasteiger partial charge on any atom is 2.00 e. The molecule has 0 spiro atoms. The first kappa shape index (κ1) is 33.0. The van der Waals surface area contributed by atoms with Crippen LogP contribution in [0, 0.1) is 0 Å². The van der Waals surface area contributed by atoms with Crippen LogP contribution in [0.5, 0.6) is 0 Å². The Balaban J connectivity index is 0. The van der Waals surface area contributed by atoms with Gasteiger partial charge in [-0.3, -0.25) is 0 Å². The zero-order valence-corrected chi connectivity index (χ0v) is 7.57. The van der Waals surface area contributed by atoms with Crippen LogP contribution in [0.3, 0.4) is 0 Å². The molecule has 22 valence electrons. The van der Waals surface area contributed by atoms with Gasteiger partial charge in [0.05, 0.1) is 0 Å². The molecule has 0 atom stereocenters. The maximum atomic E-state index is 0. The Morgan fingerprint density at radius 3 is 1.00 bits per heavy atom. The van der Waals surface area contributed by atoms with E-state index in [1.807, 2.05) is 0 Å². The minimum Gasteiger partial charge on any atom is -1.00 e. The van der Waals surface area contributed by atoms with Gasteiger partial charge in [-0.2, -0.15) is 0 Å². The van der Waals surface area contributed by atoms with E-state index in [1.165, 1.54) is 0 Å². The Hall–Kier alpha value is 2.35. The molecule has 0 fully saturated rings. The van der Waals surface area contributed by atoms with Crippen molar-refractivity contribution in [2.24, 2.45) is 0 Å². The molecule has 0 unspecified atom stereocenters. The van der Waals surface area contributed by atoms with Gasteiger partial charge < -0.3 is 4.28 Å². The number of hydrogen-bond donors (Lipinski definition) is 0. The third kappa shape index (κ3) is 8.84. The zero-order chi connectivity index (χ0) is 0. The van der Waals surface area contributed by atoms with E-state index in [4.69, 9.17) is 0 Å². The first-order valence-corrected chi connectivity index (χ1v) is 0. The quantitative estimate of drug-likeness (QED) is 0.321. The van der Waals surface area contributed by atoms with E-state index in [-0.39, 0.29) is 81.7 Å². The van der Waals surface area contributed by atoms with E-state index < -0.39 is 0 Å². The average molecular weight is 123 g/mol. The second kappa shape index (κ2) is 18.3. The molecule has 0 saturated heterocycles. The van der Waals surface area contributed by atoms with Crippen molar-refractivity contribution in [3.05, 3.63) is 0 Å². The molecule has 0 aromatic rings. The van der Waals surface area contributed by atoms with Crippen LogP contribution in [0.25, 0.3) is 0 Å².